The zero-order chi connectivity index (χ0) is 10.9. The number of anilines is 2. The average molecular weight is 207 g/mol. The quantitative estimate of drug-likeness (QED) is 0.526. The molecule has 0 aromatic carbocycles. The highest BCUT2D eigenvalue weighted by Gasteiger charge is 1.97. The first-order valence-electron chi connectivity index (χ1n) is 5.15. The largest absolute Gasteiger partial charge is 0.365 e. The Kier molecular flexibility index (Phi) is 5.14. The van der Waals surface area contributed by atoms with Crippen molar-refractivity contribution in [2.75, 3.05) is 23.7 Å². The summed E-state index contributed by atoms with van der Waals surface area (Å²) in [6.07, 6.45) is 5.61. The Morgan fingerprint density at radius 3 is 3.07 bits per heavy atom. The highest BCUT2D eigenvalue weighted by atomic mass is 15.3. The third-order valence-electron chi connectivity index (χ3n) is 1.80. The predicted octanol–water partition coefficient (Wildman–Crippen LogP) is 1.68. The maximum Gasteiger partial charge on any atom is 0.244 e. The molecule has 1 aromatic rings. The van der Waals surface area contributed by atoms with E-state index in [4.69, 9.17) is 0 Å². The first-order chi connectivity index (χ1) is 7.36. The number of hydrogen-bond donors (Lipinski definition) is 2. The van der Waals surface area contributed by atoms with Gasteiger partial charge in [-0.1, -0.05) is 19.4 Å². The molecular weight excluding hydrogens is 190 g/mol. The molecule has 0 fully saturated rings. The fourth-order valence-corrected chi connectivity index (χ4v) is 1.02. The van der Waals surface area contributed by atoms with Crippen LogP contribution in [0.3, 0.4) is 0 Å². The predicted molar refractivity (Wildman–Crippen MR) is 61.9 cm³/mol. The third kappa shape index (κ3) is 4.39. The van der Waals surface area contributed by atoms with Gasteiger partial charge in [0, 0.05) is 13.1 Å². The van der Waals surface area contributed by atoms with Crippen molar-refractivity contribution >= 4 is 11.8 Å². The summed E-state index contributed by atoms with van der Waals surface area (Å²) in [7, 11) is 0. The van der Waals surface area contributed by atoms with Crippen LogP contribution < -0.4 is 10.6 Å². The summed E-state index contributed by atoms with van der Waals surface area (Å²) in [6, 6.07) is 0. The van der Waals surface area contributed by atoms with E-state index in [1.807, 2.05) is 0 Å². The normalized spacial score (nSPS) is 9.67. The van der Waals surface area contributed by atoms with Gasteiger partial charge >= 0.3 is 0 Å². The first kappa shape index (κ1) is 11.4. The molecule has 0 aliphatic heterocycles. The topological polar surface area (TPSA) is 62.7 Å². The third-order valence-corrected chi connectivity index (χ3v) is 1.80. The van der Waals surface area contributed by atoms with Gasteiger partial charge in [0.25, 0.3) is 0 Å². The zero-order valence-electron chi connectivity index (χ0n) is 9.03. The van der Waals surface area contributed by atoms with E-state index in [1.165, 1.54) is 0 Å². The van der Waals surface area contributed by atoms with Crippen molar-refractivity contribution in [1.82, 2.24) is 15.2 Å². The molecule has 1 aromatic heterocycles. The molecule has 82 valence electrons. The van der Waals surface area contributed by atoms with E-state index in [0.717, 1.165) is 19.4 Å². The molecule has 0 radical (unpaired) electrons. The second-order valence-corrected chi connectivity index (χ2v) is 3.12. The molecule has 0 aliphatic carbocycles. The molecule has 0 saturated carbocycles. The molecular formula is C10H17N5. The molecule has 15 heavy (non-hydrogen) atoms. The van der Waals surface area contributed by atoms with Gasteiger partial charge in [-0.3, -0.25) is 0 Å². The number of hydrogen-bond acceptors (Lipinski definition) is 5. The number of unbranched alkanes of at least 4 members (excludes halogenated alkanes) is 1. The van der Waals surface area contributed by atoms with Crippen molar-refractivity contribution in [1.29, 1.82) is 0 Å². The van der Waals surface area contributed by atoms with Gasteiger partial charge in [-0.05, 0) is 6.42 Å². The molecule has 0 bridgehead atoms. The number of nitrogens with zero attached hydrogens (tertiary/aromatic N) is 3. The Labute approximate surface area is 90.0 Å². The van der Waals surface area contributed by atoms with E-state index in [2.05, 4.69) is 39.3 Å². The Hall–Kier alpha value is -1.65. The maximum atomic E-state index is 4.24. The molecule has 5 heteroatoms. The average Bonchev–Trinajstić information content (AvgIpc) is 2.27. The van der Waals surface area contributed by atoms with Crippen LogP contribution in [0.4, 0.5) is 11.8 Å². The zero-order valence-corrected chi connectivity index (χ0v) is 9.03. The minimum Gasteiger partial charge on any atom is -0.365 e. The van der Waals surface area contributed by atoms with Crippen LogP contribution in [-0.2, 0) is 0 Å². The minimum absolute atomic E-state index is 0.567. The minimum atomic E-state index is 0.567. The van der Waals surface area contributed by atoms with E-state index < -0.39 is 0 Å². The Morgan fingerprint density at radius 1 is 1.47 bits per heavy atom. The van der Waals surface area contributed by atoms with Crippen LogP contribution in [0.15, 0.2) is 18.9 Å². The summed E-state index contributed by atoms with van der Waals surface area (Å²) >= 11 is 0. The molecule has 5 nitrogen and oxygen atoms in total. The number of nitrogens with one attached hydrogen (secondary N) is 2. The van der Waals surface area contributed by atoms with Crippen molar-refractivity contribution in [3.05, 3.63) is 18.9 Å². The van der Waals surface area contributed by atoms with Crippen molar-refractivity contribution in [3.63, 3.8) is 0 Å². The van der Waals surface area contributed by atoms with E-state index in [1.54, 1.807) is 12.3 Å². The molecule has 0 saturated heterocycles. The van der Waals surface area contributed by atoms with Gasteiger partial charge in [-0.2, -0.15) is 10.1 Å². The van der Waals surface area contributed by atoms with E-state index in [0.29, 0.717) is 18.3 Å². The Balaban J connectivity index is 2.46. The molecule has 1 rings (SSSR count). The van der Waals surface area contributed by atoms with Crippen LogP contribution >= 0.6 is 0 Å². The SMILES string of the molecule is C=CCNc1cnnc(NCCCC)n1. The van der Waals surface area contributed by atoms with Gasteiger partial charge in [-0.25, -0.2) is 0 Å². The lowest BCUT2D eigenvalue weighted by molar-refractivity contribution is 0.819. The van der Waals surface area contributed by atoms with Crippen molar-refractivity contribution in [2.45, 2.75) is 19.8 Å². The Bertz CT molecular complexity index is 300. The van der Waals surface area contributed by atoms with Crippen LogP contribution in [0.25, 0.3) is 0 Å². The summed E-state index contributed by atoms with van der Waals surface area (Å²) in [4.78, 5) is 4.24. The van der Waals surface area contributed by atoms with Gasteiger partial charge < -0.3 is 10.6 Å². The first-order valence-corrected chi connectivity index (χ1v) is 5.15. The molecule has 0 unspecified atom stereocenters. The van der Waals surface area contributed by atoms with E-state index >= 15 is 0 Å². The fourth-order valence-electron chi connectivity index (χ4n) is 1.02. The lowest BCUT2D eigenvalue weighted by atomic mass is 10.3. The molecule has 1 heterocycles. The molecule has 0 aliphatic rings. The van der Waals surface area contributed by atoms with Gasteiger partial charge in [0.15, 0.2) is 5.82 Å². The second-order valence-electron chi connectivity index (χ2n) is 3.12. The van der Waals surface area contributed by atoms with Gasteiger partial charge in [-0.15, -0.1) is 11.7 Å². The van der Waals surface area contributed by atoms with Crippen LogP contribution in [0, 0.1) is 0 Å². The van der Waals surface area contributed by atoms with Crippen molar-refractivity contribution in [3.8, 4) is 0 Å². The summed E-state index contributed by atoms with van der Waals surface area (Å²) < 4.78 is 0. The monoisotopic (exact) mass is 207 g/mol. The molecule has 0 atom stereocenters. The van der Waals surface area contributed by atoms with E-state index in [9.17, 15) is 0 Å². The highest BCUT2D eigenvalue weighted by molar-refractivity contribution is 5.37. The Morgan fingerprint density at radius 2 is 2.33 bits per heavy atom. The smallest absolute Gasteiger partial charge is 0.244 e. The lowest BCUT2D eigenvalue weighted by Gasteiger charge is -2.05. The van der Waals surface area contributed by atoms with Gasteiger partial charge in [0.2, 0.25) is 5.95 Å². The summed E-state index contributed by atoms with van der Waals surface area (Å²) in [5, 5.41) is 13.9. The van der Waals surface area contributed by atoms with Gasteiger partial charge in [0.1, 0.15) is 0 Å². The highest BCUT2D eigenvalue weighted by Crippen LogP contribution is 2.03. The van der Waals surface area contributed by atoms with Crippen molar-refractivity contribution in [2.24, 2.45) is 0 Å². The van der Waals surface area contributed by atoms with Crippen LogP contribution in [0.2, 0.25) is 0 Å². The maximum absolute atomic E-state index is 4.24. The second kappa shape index (κ2) is 6.75. The molecule has 2 N–H and O–H groups in total. The summed E-state index contributed by atoms with van der Waals surface area (Å²) in [5.74, 6) is 1.28. The fraction of sp³-hybridized carbons (Fsp3) is 0.500. The van der Waals surface area contributed by atoms with Crippen LogP contribution in [-0.4, -0.2) is 28.3 Å². The van der Waals surface area contributed by atoms with Crippen molar-refractivity contribution < 1.29 is 0 Å². The molecule has 0 amide bonds. The summed E-state index contributed by atoms with van der Waals surface area (Å²) in [6.45, 7) is 7.31. The van der Waals surface area contributed by atoms with Crippen LogP contribution in [0.5, 0.6) is 0 Å². The standard InChI is InChI=1S/C10H17N5/c1-3-5-7-12-10-14-9(8-13-15-10)11-6-4-2/h4,8H,2-3,5-7H2,1H3,(H2,11,12,14,15). The molecule has 0 spiro atoms. The van der Waals surface area contributed by atoms with E-state index in [-0.39, 0.29) is 0 Å². The lowest BCUT2D eigenvalue weighted by Crippen LogP contribution is -2.08. The van der Waals surface area contributed by atoms with Gasteiger partial charge in [0.05, 0.1) is 6.20 Å². The number of rotatable bonds is 7. The van der Waals surface area contributed by atoms with Crippen LogP contribution in [0.1, 0.15) is 19.8 Å². The number of aromatic nitrogens is 3. The summed E-state index contributed by atoms with van der Waals surface area (Å²) in [5.41, 5.74) is 0.